The number of hydrogen-bond donors (Lipinski definition) is 2. The van der Waals surface area contributed by atoms with Gasteiger partial charge in [-0.15, -0.1) is 0 Å². The van der Waals surface area contributed by atoms with Crippen molar-refractivity contribution in [2.75, 3.05) is 20.7 Å². The van der Waals surface area contributed by atoms with Crippen LogP contribution in [0.1, 0.15) is 19.3 Å². The summed E-state index contributed by atoms with van der Waals surface area (Å²) in [6.45, 7) is -0.311. The molecule has 0 unspecified atom stereocenters. The molecule has 0 aromatic heterocycles. The van der Waals surface area contributed by atoms with Crippen LogP contribution in [0.2, 0.25) is 0 Å². The molecule has 1 saturated heterocycles. The van der Waals surface area contributed by atoms with Crippen LogP contribution in [-0.2, 0) is 19.6 Å². The van der Waals surface area contributed by atoms with Crippen molar-refractivity contribution in [3.05, 3.63) is 30.3 Å². The average Bonchev–Trinajstić information content (AvgIpc) is 2.56. The molecule has 0 spiro atoms. The van der Waals surface area contributed by atoms with E-state index in [0.717, 1.165) is 0 Å². The summed E-state index contributed by atoms with van der Waals surface area (Å²) in [5.74, 6) is -0.0555. The summed E-state index contributed by atoms with van der Waals surface area (Å²) in [6, 6.07) is 7.55. The Morgan fingerprint density at radius 2 is 1.96 bits per heavy atom. The van der Waals surface area contributed by atoms with Crippen molar-refractivity contribution in [2.45, 2.75) is 42.4 Å². The number of amides is 1. The zero-order valence-corrected chi connectivity index (χ0v) is 14.7. The van der Waals surface area contributed by atoms with Gasteiger partial charge in [0.1, 0.15) is 0 Å². The Kier molecular flexibility index (Phi) is 6.34. The Hall–Kier alpha value is -1.48. The molecule has 1 aromatic rings. The van der Waals surface area contributed by atoms with Crippen LogP contribution < -0.4 is 4.72 Å². The molecule has 8 heteroatoms. The minimum atomic E-state index is -3.67. The second-order valence-electron chi connectivity index (χ2n) is 6.09. The summed E-state index contributed by atoms with van der Waals surface area (Å²) < 4.78 is 33.1. The van der Waals surface area contributed by atoms with Crippen LogP contribution in [0.4, 0.5) is 0 Å². The van der Waals surface area contributed by atoms with Crippen LogP contribution in [0.15, 0.2) is 35.2 Å². The van der Waals surface area contributed by atoms with Crippen LogP contribution in [0.25, 0.3) is 0 Å². The second kappa shape index (κ2) is 8.06. The molecule has 3 atom stereocenters. The lowest BCUT2D eigenvalue weighted by Crippen LogP contribution is -2.51. The number of nitrogens with zero attached hydrogens (tertiary/aromatic N) is 1. The fourth-order valence-electron chi connectivity index (χ4n) is 2.66. The van der Waals surface area contributed by atoms with Crippen LogP contribution in [0, 0.1) is 0 Å². The highest BCUT2D eigenvalue weighted by Gasteiger charge is 2.34. The third kappa shape index (κ3) is 4.76. The first-order chi connectivity index (χ1) is 11.3. The van der Waals surface area contributed by atoms with Gasteiger partial charge in [0.15, 0.2) is 0 Å². The maximum Gasteiger partial charge on any atom is 0.240 e. The standard InChI is InChI=1S/C16H24N2O5S/c1-18(2)16(20)10-12-8-9-14(15(11-19)23-12)17-24(21,22)13-6-4-3-5-7-13/h3-7,12,14-15,17,19H,8-11H2,1-2H3/t12-,14+,15+/m0/s1. The Morgan fingerprint density at radius 3 is 2.54 bits per heavy atom. The minimum absolute atomic E-state index is 0.0555. The molecule has 0 radical (unpaired) electrons. The molecule has 1 aliphatic heterocycles. The molecule has 1 aromatic carbocycles. The number of hydrogen-bond acceptors (Lipinski definition) is 5. The summed E-state index contributed by atoms with van der Waals surface area (Å²) in [5.41, 5.74) is 0. The van der Waals surface area contributed by atoms with Crippen molar-refractivity contribution in [1.29, 1.82) is 0 Å². The SMILES string of the molecule is CN(C)C(=O)C[C@@H]1CC[C@@H](NS(=O)(=O)c2ccccc2)[C@@H](CO)O1. The fraction of sp³-hybridized carbons (Fsp3) is 0.562. The molecule has 134 valence electrons. The van der Waals surface area contributed by atoms with E-state index in [1.54, 1.807) is 32.3 Å². The smallest absolute Gasteiger partial charge is 0.240 e. The van der Waals surface area contributed by atoms with E-state index >= 15 is 0 Å². The lowest BCUT2D eigenvalue weighted by molar-refractivity contribution is -0.137. The van der Waals surface area contributed by atoms with E-state index in [-0.39, 0.29) is 29.9 Å². The number of aliphatic hydroxyl groups is 1. The first-order valence-electron chi connectivity index (χ1n) is 7.87. The van der Waals surface area contributed by atoms with Crippen LogP contribution in [0.3, 0.4) is 0 Å². The van der Waals surface area contributed by atoms with E-state index in [0.29, 0.717) is 12.8 Å². The predicted molar refractivity (Wildman–Crippen MR) is 88.8 cm³/mol. The number of aliphatic hydroxyl groups excluding tert-OH is 1. The van der Waals surface area contributed by atoms with E-state index in [2.05, 4.69) is 4.72 Å². The highest BCUT2D eigenvalue weighted by Crippen LogP contribution is 2.23. The third-order valence-electron chi connectivity index (χ3n) is 4.06. The molecule has 1 heterocycles. The molecule has 2 N–H and O–H groups in total. The van der Waals surface area contributed by atoms with Gasteiger partial charge in [-0.05, 0) is 25.0 Å². The van der Waals surface area contributed by atoms with Crippen LogP contribution >= 0.6 is 0 Å². The maximum absolute atomic E-state index is 12.4. The number of ether oxygens (including phenoxy) is 1. The summed E-state index contributed by atoms with van der Waals surface area (Å²) >= 11 is 0. The lowest BCUT2D eigenvalue weighted by Gasteiger charge is -2.36. The van der Waals surface area contributed by atoms with E-state index < -0.39 is 22.2 Å². The third-order valence-corrected chi connectivity index (χ3v) is 5.56. The van der Waals surface area contributed by atoms with Gasteiger partial charge in [-0.25, -0.2) is 13.1 Å². The monoisotopic (exact) mass is 356 g/mol. The van der Waals surface area contributed by atoms with Gasteiger partial charge in [-0.3, -0.25) is 4.79 Å². The first-order valence-corrected chi connectivity index (χ1v) is 9.35. The quantitative estimate of drug-likeness (QED) is 0.767. The van der Waals surface area contributed by atoms with Gasteiger partial charge in [0.25, 0.3) is 0 Å². The largest absolute Gasteiger partial charge is 0.394 e. The van der Waals surface area contributed by atoms with Crippen molar-refractivity contribution in [1.82, 2.24) is 9.62 Å². The number of nitrogens with one attached hydrogen (secondary N) is 1. The summed E-state index contributed by atoms with van der Waals surface area (Å²) in [4.78, 5) is 13.4. The van der Waals surface area contributed by atoms with Gasteiger partial charge in [0.05, 0.1) is 36.2 Å². The van der Waals surface area contributed by atoms with E-state index in [9.17, 15) is 18.3 Å². The fourth-order valence-corrected chi connectivity index (χ4v) is 3.98. The highest BCUT2D eigenvalue weighted by atomic mass is 32.2. The van der Waals surface area contributed by atoms with E-state index in [4.69, 9.17) is 4.74 Å². The molecule has 1 amide bonds. The lowest BCUT2D eigenvalue weighted by atomic mass is 9.98. The Balaban J connectivity index is 2.01. The number of carbonyl (C=O) groups is 1. The molecule has 1 fully saturated rings. The van der Waals surface area contributed by atoms with Gasteiger partial charge in [0.2, 0.25) is 15.9 Å². The maximum atomic E-state index is 12.4. The molecular weight excluding hydrogens is 332 g/mol. The molecule has 0 saturated carbocycles. The van der Waals surface area contributed by atoms with Gasteiger partial charge in [0, 0.05) is 14.1 Å². The van der Waals surface area contributed by atoms with Crippen molar-refractivity contribution in [2.24, 2.45) is 0 Å². The normalized spacial score (nSPS) is 24.5. The van der Waals surface area contributed by atoms with Gasteiger partial charge >= 0.3 is 0 Å². The molecule has 24 heavy (non-hydrogen) atoms. The molecular formula is C16H24N2O5S. The van der Waals surface area contributed by atoms with Crippen LogP contribution in [-0.4, -0.2) is 63.3 Å². The van der Waals surface area contributed by atoms with Gasteiger partial charge in [-0.1, -0.05) is 18.2 Å². The number of carbonyl (C=O) groups excluding carboxylic acids is 1. The number of rotatable bonds is 6. The van der Waals surface area contributed by atoms with Gasteiger partial charge in [-0.2, -0.15) is 0 Å². The minimum Gasteiger partial charge on any atom is -0.394 e. The molecule has 7 nitrogen and oxygen atoms in total. The van der Waals surface area contributed by atoms with E-state index in [1.807, 2.05) is 0 Å². The Morgan fingerprint density at radius 1 is 1.29 bits per heavy atom. The zero-order valence-electron chi connectivity index (χ0n) is 13.9. The van der Waals surface area contributed by atoms with Crippen molar-refractivity contribution in [3.8, 4) is 0 Å². The average molecular weight is 356 g/mol. The topological polar surface area (TPSA) is 95.9 Å². The molecule has 0 bridgehead atoms. The molecule has 0 aliphatic carbocycles. The molecule has 1 aliphatic rings. The van der Waals surface area contributed by atoms with E-state index in [1.165, 1.54) is 17.0 Å². The molecule has 2 rings (SSSR count). The number of sulfonamides is 1. The summed E-state index contributed by atoms with van der Waals surface area (Å²) in [6.07, 6.45) is 0.300. The van der Waals surface area contributed by atoms with Gasteiger partial charge < -0.3 is 14.7 Å². The van der Waals surface area contributed by atoms with Crippen LogP contribution in [0.5, 0.6) is 0 Å². The zero-order chi connectivity index (χ0) is 17.7. The van der Waals surface area contributed by atoms with Crippen molar-refractivity contribution >= 4 is 15.9 Å². The first kappa shape index (κ1) is 18.9. The van der Waals surface area contributed by atoms with Crippen molar-refractivity contribution in [3.63, 3.8) is 0 Å². The summed E-state index contributed by atoms with van der Waals surface area (Å²) in [7, 11) is -0.329. The number of benzene rings is 1. The summed E-state index contributed by atoms with van der Waals surface area (Å²) in [5, 5.41) is 9.53. The Bertz CT molecular complexity index is 648. The Labute approximate surface area is 142 Å². The predicted octanol–water partition coefficient (Wildman–Crippen LogP) is 0.352. The highest BCUT2D eigenvalue weighted by molar-refractivity contribution is 7.89. The van der Waals surface area contributed by atoms with Crippen molar-refractivity contribution < 1.29 is 23.1 Å². The second-order valence-corrected chi connectivity index (χ2v) is 7.80.